The Balaban J connectivity index is 1.35. The number of carbonyl (C=O) groups excluding carboxylic acids is 2. The number of ether oxygens (including phenoxy) is 4. The topological polar surface area (TPSA) is 107 Å². The lowest BCUT2D eigenvalue weighted by Gasteiger charge is -2.11. The summed E-state index contributed by atoms with van der Waals surface area (Å²) in [6.45, 7) is 1.00. The molecule has 1 aliphatic heterocycles. The van der Waals surface area contributed by atoms with Gasteiger partial charge in [0.25, 0.3) is 11.8 Å². The third-order valence-corrected chi connectivity index (χ3v) is 4.63. The predicted molar refractivity (Wildman–Crippen MR) is 118 cm³/mol. The molecule has 9 heteroatoms. The van der Waals surface area contributed by atoms with Crippen LogP contribution in [0.4, 0.5) is 0 Å². The molecule has 2 N–H and O–H groups in total. The van der Waals surface area contributed by atoms with Gasteiger partial charge in [0, 0.05) is 13.2 Å². The first-order valence-corrected chi connectivity index (χ1v) is 10.3. The van der Waals surface area contributed by atoms with Gasteiger partial charge in [-0.25, -0.2) is 5.43 Å². The second-order valence-electron chi connectivity index (χ2n) is 7.03. The van der Waals surface area contributed by atoms with Gasteiger partial charge >= 0.3 is 0 Å². The molecule has 1 fully saturated rings. The zero-order valence-electron chi connectivity index (χ0n) is 17.9. The van der Waals surface area contributed by atoms with E-state index in [1.54, 1.807) is 42.5 Å². The van der Waals surface area contributed by atoms with E-state index in [-0.39, 0.29) is 25.2 Å². The molecule has 0 bridgehead atoms. The fraction of sp³-hybridized carbons (Fsp3) is 0.348. The number of para-hydroxylation sites is 2. The summed E-state index contributed by atoms with van der Waals surface area (Å²) >= 11 is 0. The minimum absolute atomic E-state index is 0.0671. The summed E-state index contributed by atoms with van der Waals surface area (Å²) in [4.78, 5) is 23.7. The van der Waals surface area contributed by atoms with Crippen molar-refractivity contribution in [1.82, 2.24) is 10.7 Å². The molecule has 0 unspecified atom stereocenters. The van der Waals surface area contributed by atoms with Crippen molar-refractivity contribution < 1.29 is 28.5 Å². The maximum Gasteiger partial charge on any atom is 0.277 e. The molecule has 0 aliphatic carbocycles. The van der Waals surface area contributed by atoms with E-state index in [1.807, 2.05) is 6.07 Å². The highest BCUT2D eigenvalue weighted by atomic mass is 16.5. The van der Waals surface area contributed by atoms with Crippen LogP contribution in [-0.4, -0.2) is 57.6 Å². The Hall–Kier alpha value is -3.59. The summed E-state index contributed by atoms with van der Waals surface area (Å²) in [6.07, 6.45) is 3.61. The van der Waals surface area contributed by atoms with Crippen LogP contribution in [0.2, 0.25) is 0 Å². The van der Waals surface area contributed by atoms with Crippen LogP contribution in [-0.2, 0) is 14.3 Å². The first-order chi connectivity index (χ1) is 15.6. The number of benzene rings is 2. The number of nitrogens with zero attached hydrogens (tertiary/aromatic N) is 1. The van der Waals surface area contributed by atoms with Crippen LogP contribution in [0.15, 0.2) is 53.6 Å². The van der Waals surface area contributed by atoms with Crippen LogP contribution in [0.25, 0.3) is 0 Å². The van der Waals surface area contributed by atoms with Crippen LogP contribution < -0.4 is 25.0 Å². The van der Waals surface area contributed by atoms with E-state index >= 15 is 0 Å². The van der Waals surface area contributed by atoms with Gasteiger partial charge < -0.3 is 24.3 Å². The van der Waals surface area contributed by atoms with Crippen molar-refractivity contribution >= 4 is 18.0 Å². The van der Waals surface area contributed by atoms with Crippen molar-refractivity contribution in [2.24, 2.45) is 5.10 Å². The Morgan fingerprint density at radius 3 is 2.53 bits per heavy atom. The minimum Gasteiger partial charge on any atom is -0.493 e. The van der Waals surface area contributed by atoms with Gasteiger partial charge in [-0.3, -0.25) is 9.59 Å². The second-order valence-corrected chi connectivity index (χ2v) is 7.03. The maximum atomic E-state index is 11.9. The molecule has 0 radical (unpaired) electrons. The van der Waals surface area contributed by atoms with Crippen molar-refractivity contribution in [3.05, 3.63) is 54.1 Å². The number of rotatable bonds is 11. The van der Waals surface area contributed by atoms with Crippen molar-refractivity contribution in [2.45, 2.75) is 18.9 Å². The molecule has 1 heterocycles. The Kier molecular flexibility index (Phi) is 8.88. The Morgan fingerprint density at radius 2 is 1.81 bits per heavy atom. The fourth-order valence-electron chi connectivity index (χ4n) is 2.98. The number of nitrogens with one attached hydrogen (secondary N) is 2. The maximum absolute atomic E-state index is 11.9. The van der Waals surface area contributed by atoms with Crippen molar-refractivity contribution in [3.8, 4) is 17.2 Å². The van der Waals surface area contributed by atoms with Gasteiger partial charge in [-0.05, 0) is 54.8 Å². The second kappa shape index (κ2) is 12.3. The van der Waals surface area contributed by atoms with Crippen molar-refractivity contribution in [3.63, 3.8) is 0 Å². The van der Waals surface area contributed by atoms with Crippen LogP contribution in [0, 0.1) is 0 Å². The van der Waals surface area contributed by atoms with Crippen LogP contribution in [0.5, 0.6) is 17.2 Å². The van der Waals surface area contributed by atoms with E-state index in [2.05, 4.69) is 15.8 Å². The molecule has 2 amide bonds. The van der Waals surface area contributed by atoms with Gasteiger partial charge in [-0.1, -0.05) is 12.1 Å². The standard InChI is InChI=1S/C23H27N3O6/c1-29-20-6-2-3-7-21(20)32-16-23(28)26-25-13-17-8-10-18(11-9-17)31-15-22(27)24-14-19-5-4-12-30-19/h2-3,6-11,13,19H,4-5,12,14-16H2,1H3,(H,24,27)(H,26,28)/b25-13-/t19-/m0/s1. The quantitative estimate of drug-likeness (QED) is 0.407. The van der Waals surface area contributed by atoms with Crippen molar-refractivity contribution in [1.29, 1.82) is 0 Å². The van der Waals surface area contributed by atoms with Crippen LogP contribution >= 0.6 is 0 Å². The summed E-state index contributed by atoms with van der Waals surface area (Å²) < 4.78 is 21.5. The van der Waals surface area contributed by atoms with Gasteiger partial charge in [0.1, 0.15) is 5.75 Å². The van der Waals surface area contributed by atoms with E-state index in [4.69, 9.17) is 18.9 Å². The summed E-state index contributed by atoms with van der Waals surface area (Å²) in [7, 11) is 1.53. The molecule has 0 saturated carbocycles. The average molecular weight is 441 g/mol. The molecule has 32 heavy (non-hydrogen) atoms. The van der Waals surface area contributed by atoms with E-state index in [1.165, 1.54) is 13.3 Å². The normalized spacial score (nSPS) is 15.3. The Morgan fingerprint density at radius 1 is 1.06 bits per heavy atom. The molecular weight excluding hydrogens is 414 g/mol. The molecule has 0 aromatic heterocycles. The number of carbonyl (C=O) groups is 2. The Labute approximate surface area is 186 Å². The lowest BCUT2D eigenvalue weighted by molar-refractivity contribution is -0.124. The van der Waals surface area contributed by atoms with E-state index in [0.29, 0.717) is 23.8 Å². The first kappa shape index (κ1) is 23.1. The van der Waals surface area contributed by atoms with Gasteiger partial charge in [0.15, 0.2) is 24.7 Å². The molecule has 1 atom stereocenters. The molecular formula is C23H27N3O6. The number of hydrazone groups is 1. The minimum atomic E-state index is -0.402. The van der Waals surface area contributed by atoms with Gasteiger partial charge in [-0.15, -0.1) is 0 Å². The lowest BCUT2D eigenvalue weighted by Crippen LogP contribution is -2.35. The van der Waals surface area contributed by atoms with Crippen molar-refractivity contribution in [2.75, 3.05) is 33.5 Å². The lowest BCUT2D eigenvalue weighted by atomic mass is 10.2. The third-order valence-electron chi connectivity index (χ3n) is 4.63. The SMILES string of the molecule is COc1ccccc1OCC(=O)N/N=C\c1ccc(OCC(=O)NC[C@@H]2CCCO2)cc1. The summed E-state index contributed by atoms with van der Waals surface area (Å²) in [6, 6.07) is 14.0. The highest BCUT2D eigenvalue weighted by molar-refractivity contribution is 5.83. The summed E-state index contributed by atoms with van der Waals surface area (Å²) in [5.74, 6) is 0.991. The van der Waals surface area contributed by atoms with Gasteiger partial charge in [-0.2, -0.15) is 5.10 Å². The monoisotopic (exact) mass is 441 g/mol. The molecule has 0 spiro atoms. The highest BCUT2D eigenvalue weighted by Gasteiger charge is 2.16. The zero-order chi connectivity index (χ0) is 22.6. The molecule has 3 rings (SSSR count). The molecule has 170 valence electrons. The molecule has 9 nitrogen and oxygen atoms in total. The highest BCUT2D eigenvalue weighted by Crippen LogP contribution is 2.25. The number of amides is 2. The Bertz CT molecular complexity index is 910. The first-order valence-electron chi connectivity index (χ1n) is 10.3. The molecule has 1 aliphatic rings. The van der Waals surface area contributed by atoms with E-state index < -0.39 is 5.91 Å². The average Bonchev–Trinajstić information content (AvgIpc) is 3.35. The third kappa shape index (κ3) is 7.59. The van der Waals surface area contributed by atoms with E-state index in [9.17, 15) is 9.59 Å². The smallest absolute Gasteiger partial charge is 0.277 e. The summed E-state index contributed by atoms with van der Waals surface area (Å²) in [5, 5.41) is 6.71. The van der Waals surface area contributed by atoms with Crippen LogP contribution in [0.3, 0.4) is 0 Å². The van der Waals surface area contributed by atoms with Crippen LogP contribution in [0.1, 0.15) is 18.4 Å². The molecule has 1 saturated heterocycles. The largest absolute Gasteiger partial charge is 0.493 e. The van der Waals surface area contributed by atoms with Gasteiger partial charge in [0.2, 0.25) is 0 Å². The number of hydrogen-bond acceptors (Lipinski definition) is 7. The molecule has 2 aromatic carbocycles. The zero-order valence-corrected chi connectivity index (χ0v) is 17.9. The number of methoxy groups -OCH3 is 1. The van der Waals surface area contributed by atoms with Gasteiger partial charge in [0.05, 0.1) is 19.4 Å². The van der Waals surface area contributed by atoms with E-state index in [0.717, 1.165) is 25.0 Å². The summed E-state index contributed by atoms with van der Waals surface area (Å²) in [5.41, 5.74) is 3.16. The fourth-order valence-corrected chi connectivity index (χ4v) is 2.98. The predicted octanol–water partition coefficient (Wildman–Crippen LogP) is 1.90. The molecule has 2 aromatic rings. The number of hydrogen-bond donors (Lipinski definition) is 2.